The van der Waals surface area contributed by atoms with E-state index in [1.807, 2.05) is 24.3 Å². The van der Waals surface area contributed by atoms with Crippen molar-refractivity contribution in [2.24, 2.45) is 0 Å². The zero-order valence-corrected chi connectivity index (χ0v) is 12.9. The quantitative estimate of drug-likeness (QED) is 0.844. The fraction of sp³-hybridized carbons (Fsp3) is 0.250. The Morgan fingerprint density at radius 2 is 1.95 bits per heavy atom. The molecule has 0 amide bonds. The maximum atomic E-state index is 13.8. The second-order valence-electron chi connectivity index (χ2n) is 4.49. The highest BCUT2D eigenvalue weighted by Gasteiger charge is 2.05. The fourth-order valence-corrected chi connectivity index (χ4v) is 2.31. The van der Waals surface area contributed by atoms with Crippen molar-refractivity contribution < 1.29 is 9.13 Å². The number of para-hydroxylation sites is 1. The Labute approximate surface area is 127 Å². The maximum absolute atomic E-state index is 13.8. The third-order valence-electron chi connectivity index (χ3n) is 3.08. The van der Waals surface area contributed by atoms with Gasteiger partial charge in [0.2, 0.25) is 0 Å². The van der Waals surface area contributed by atoms with Crippen molar-refractivity contribution in [2.45, 2.75) is 13.0 Å². The summed E-state index contributed by atoms with van der Waals surface area (Å²) < 4.78 is 19.6. The van der Waals surface area contributed by atoms with E-state index >= 15 is 0 Å². The van der Waals surface area contributed by atoms with E-state index in [2.05, 4.69) is 27.3 Å². The molecule has 0 saturated carbocycles. The van der Waals surface area contributed by atoms with E-state index in [4.69, 9.17) is 4.74 Å². The number of halogens is 2. The molecule has 0 spiro atoms. The van der Waals surface area contributed by atoms with Gasteiger partial charge in [0.25, 0.3) is 0 Å². The Kier molecular flexibility index (Phi) is 5.56. The van der Waals surface area contributed by atoms with Crippen molar-refractivity contribution in [3.63, 3.8) is 0 Å². The van der Waals surface area contributed by atoms with Gasteiger partial charge in [-0.15, -0.1) is 0 Å². The molecule has 20 heavy (non-hydrogen) atoms. The first kappa shape index (κ1) is 15.0. The number of ether oxygens (including phenoxy) is 1. The minimum Gasteiger partial charge on any atom is -0.384 e. The molecule has 0 atom stereocenters. The first-order chi connectivity index (χ1) is 9.70. The number of methoxy groups -OCH3 is 1. The van der Waals surface area contributed by atoms with Crippen LogP contribution in [0.2, 0.25) is 0 Å². The summed E-state index contributed by atoms with van der Waals surface area (Å²) in [7, 11) is 1.69. The van der Waals surface area contributed by atoms with Gasteiger partial charge in [-0.2, -0.15) is 0 Å². The molecule has 0 fully saturated rings. The van der Waals surface area contributed by atoms with Gasteiger partial charge in [0.15, 0.2) is 0 Å². The zero-order chi connectivity index (χ0) is 14.4. The van der Waals surface area contributed by atoms with Gasteiger partial charge in [0.05, 0.1) is 6.61 Å². The van der Waals surface area contributed by atoms with Crippen LogP contribution >= 0.6 is 15.9 Å². The molecule has 0 saturated heterocycles. The third kappa shape index (κ3) is 4.05. The normalized spacial score (nSPS) is 10.6. The van der Waals surface area contributed by atoms with Gasteiger partial charge in [-0.3, -0.25) is 0 Å². The summed E-state index contributed by atoms with van der Waals surface area (Å²) in [4.78, 5) is 0. The molecule has 0 aliphatic heterocycles. The van der Waals surface area contributed by atoms with E-state index in [-0.39, 0.29) is 5.82 Å². The molecule has 0 aromatic heterocycles. The lowest BCUT2D eigenvalue weighted by Crippen LogP contribution is -2.05. The van der Waals surface area contributed by atoms with Crippen molar-refractivity contribution in [2.75, 3.05) is 19.0 Å². The van der Waals surface area contributed by atoms with Crippen LogP contribution in [0.3, 0.4) is 0 Å². The minimum absolute atomic E-state index is 0.207. The Hall–Kier alpha value is -1.39. The number of rotatable bonds is 6. The fourth-order valence-electron chi connectivity index (χ4n) is 1.98. The van der Waals surface area contributed by atoms with Crippen molar-refractivity contribution in [1.29, 1.82) is 0 Å². The van der Waals surface area contributed by atoms with Crippen LogP contribution in [0.4, 0.5) is 10.1 Å². The summed E-state index contributed by atoms with van der Waals surface area (Å²) in [5, 5.41) is 3.29. The number of hydrogen-bond acceptors (Lipinski definition) is 2. The Morgan fingerprint density at radius 1 is 1.15 bits per heavy atom. The molecule has 0 bridgehead atoms. The summed E-state index contributed by atoms with van der Waals surface area (Å²) in [5.74, 6) is -0.207. The first-order valence-electron chi connectivity index (χ1n) is 6.45. The smallest absolute Gasteiger partial charge is 0.129 e. The molecule has 0 heterocycles. The third-order valence-corrected chi connectivity index (χ3v) is 3.57. The first-order valence-corrected chi connectivity index (χ1v) is 7.24. The van der Waals surface area contributed by atoms with E-state index in [9.17, 15) is 4.39 Å². The monoisotopic (exact) mass is 337 g/mol. The lowest BCUT2D eigenvalue weighted by Gasteiger charge is -2.12. The van der Waals surface area contributed by atoms with Crippen LogP contribution in [0.25, 0.3) is 0 Å². The molecule has 0 unspecified atom stereocenters. The van der Waals surface area contributed by atoms with Crippen LogP contribution in [0.5, 0.6) is 0 Å². The van der Waals surface area contributed by atoms with Gasteiger partial charge in [-0.1, -0.05) is 40.2 Å². The van der Waals surface area contributed by atoms with Crippen LogP contribution < -0.4 is 5.32 Å². The van der Waals surface area contributed by atoms with Crippen LogP contribution in [0, 0.1) is 5.82 Å². The largest absolute Gasteiger partial charge is 0.384 e. The number of nitrogens with one attached hydrogen (secondary N) is 1. The van der Waals surface area contributed by atoms with E-state index in [0.29, 0.717) is 18.7 Å². The Morgan fingerprint density at radius 3 is 2.70 bits per heavy atom. The summed E-state index contributed by atoms with van der Waals surface area (Å²) in [5.41, 5.74) is 2.84. The van der Waals surface area contributed by atoms with Crippen LogP contribution in [-0.2, 0) is 17.7 Å². The van der Waals surface area contributed by atoms with Crippen LogP contribution in [-0.4, -0.2) is 13.7 Å². The van der Waals surface area contributed by atoms with E-state index in [1.54, 1.807) is 13.2 Å². The average Bonchev–Trinajstić information content (AvgIpc) is 2.45. The molecular formula is C16H17BrFNO. The lowest BCUT2D eigenvalue weighted by atomic mass is 10.1. The molecule has 2 rings (SSSR count). The zero-order valence-electron chi connectivity index (χ0n) is 11.3. The molecular weight excluding hydrogens is 321 g/mol. The predicted octanol–water partition coefficient (Wildman–Crippen LogP) is 4.39. The number of benzene rings is 2. The van der Waals surface area contributed by atoms with Crippen molar-refractivity contribution in [1.82, 2.24) is 0 Å². The summed E-state index contributed by atoms with van der Waals surface area (Å²) >= 11 is 3.26. The van der Waals surface area contributed by atoms with Crippen LogP contribution in [0.15, 0.2) is 46.9 Å². The Balaban J connectivity index is 2.06. The van der Waals surface area contributed by atoms with Gasteiger partial charge in [0, 0.05) is 29.4 Å². The second kappa shape index (κ2) is 7.41. The van der Waals surface area contributed by atoms with E-state index in [0.717, 1.165) is 16.6 Å². The van der Waals surface area contributed by atoms with Gasteiger partial charge in [-0.05, 0) is 30.2 Å². The van der Waals surface area contributed by atoms with Crippen LogP contribution in [0.1, 0.15) is 11.1 Å². The van der Waals surface area contributed by atoms with Crippen molar-refractivity contribution in [3.8, 4) is 0 Å². The highest BCUT2D eigenvalue weighted by molar-refractivity contribution is 9.10. The molecule has 0 aliphatic carbocycles. The number of anilines is 1. The Bertz CT molecular complexity index is 574. The lowest BCUT2D eigenvalue weighted by molar-refractivity contribution is 0.202. The second-order valence-corrected chi connectivity index (χ2v) is 5.40. The molecule has 4 heteroatoms. The standard InChI is InChI=1S/C16H17BrFNO/c1-20-9-8-12-4-2-3-5-16(12)19-11-13-6-7-14(17)10-15(13)18/h2-7,10,19H,8-9,11H2,1H3. The molecule has 2 nitrogen and oxygen atoms in total. The summed E-state index contributed by atoms with van der Waals surface area (Å²) in [6.45, 7) is 1.13. The van der Waals surface area contributed by atoms with Gasteiger partial charge >= 0.3 is 0 Å². The topological polar surface area (TPSA) is 21.3 Å². The average molecular weight is 338 g/mol. The molecule has 0 radical (unpaired) electrons. The van der Waals surface area contributed by atoms with E-state index < -0.39 is 0 Å². The molecule has 2 aromatic rings. The van der Waals surface area contributed by atoms with Gasteiger partial charge in [-0.25, -0.2) is 4.39 Å². The molecule has 2 aromatic carbocycles. The van der Waals surface area contributed by atoms with E-state index in [1.165, 1.54) is 11.6 Å². The SMILES string of the molecule is COCCc1ccccc1NCc1ccc(Br)cc1F. The highest BCUT2D eigenvalue weighted by Crippen LogP contribution is 2.19. The minimum atomic E-state index is -0.207. The highest BCUT2D eigenvalue weighted by atomic mass is 79.9. The summed E-state index contributed by atoms with van der Waals surface area (Å²) in [6, 6.07) is 13.1. The summed E-state index contributed by atoms with van der Waals surface area (Å²) in [6.07, 6.45) is 0.836. The maximum Gasteiger partial charge on any atom is 0.129 e. The molecule has 0 aliphatic rings. The van der Waals surface area contributed by atoms with Gasteiger partial charge in [0.1, 0.15) is 5.82 Å². The van der Waals surface area contributed by atoms with Gasteiger partial charge < -0.3 is 10.1 Å². The van der Waals surface area contributed by atoms with Crippen molar-refractivity contribution >= 4 is 21.6 Å². The number of hydrogen-bond donors (Lipinski definition) is 1. The molecule has 1 N–H and O–H groups in total. The van der Waals surface area contributed by atoms with Crippen molar-refractivity contribution in [3.05, 3.63) is 63.9 Å². The molecule has 106 valence electrons. The predicted molar refractivity (Wildman–Crippen MR) is 83.4 cm³/mol.